The van der Waals surface area contributed by atoms with Gasteiger partial charge in [-0.3, -0.25) is 0 Å². The van der Waals surface area contributed by atoms with Crippen molar-refractivity contribution in [3.05, 3.63) is 236 Å². The molecule has 0 saturated heterocycles. The molecule has 0 radical (unpaired) electrons. The van der Waals surface area contributed by atoms with E-state index in [1.54, 1.807) is 6.26 Å². The predicted molar refractivity (Wildman–Crippen MR) is 293 cm³/mol. The first-order chi connectivity index (χ1) is 32.8. The summed E-state index contributed by atoms with van der Waals surface area (Å²) in [5.41, 5.74) is 21.8. The number of nitrogens with zero attached hydrogens (tertiary/aromatic N) is 1. The van der Waals surface area contributed by atoms with Crippen LogP contribution in [0.1, 0.15) is 49.9 Å². The predicted octanol–water partition coefficient (Wildman–Crippen LogP) is 18.1. The molecule has 0 spiro atoms. The number of thiol groups is 1. The van der Waals surface area contributed by atoms with Crippen LogP contribution in [0, 0.1) is 0 Å². The Morgan fingerprint density at radius 1 is 0.343 bits per heavy atom. The van der Waals surface area contributed by atoms with E-state index in [2.05, 4.69) is 258 Å². The van der Waals surface area contributed by atoms with Crippen LogP contribution in [0.25, 0.3) is 105 Å². The fourth-order valence-electron chi connectivity index (χ4n) is 11.7. The molecule has 0 aliphatic heterocycles. The molecular formula is C65H53NS. The second-order valence-electron chi connectivity index (χ2n) is 18.8. The first-order valence-corrected chi connectivity index (χ1v) is 24.2. The van der Waals surface area contributed by atoms with Gasteiger partial charge in [0.15, 0.2) is 0 Å². The quantitative estimate of drug-likeness (QED) is 0.102. The molecule has 11 aromatic rings. The maximum Gasteiger partial charge on any atom is 0.0541 e. The molecule has 0 fully saturated rings. The van der Waals surface area contributed by atoms with E-state index in [0.29, 0.717) is 0 Å². The molecule has 13 rings (SSSR count). The lowest BCUT2D eigenvalue weighted by atomic mass is 9.78. The zero-order valence-corrected chi connectivity index (χ0v) is 39.8. The topological polar surface area (TPSA) is 4.93 Å². The van der Waals surface area contributed by atoms with E-state index in [4.69, 9.17) is 0 Å². The molecule has 1 aromatic heterocycles. The molecule has 2 heteroatoms. The first kappa shape index (κ1) is 42.3. The van der Waals surface area contributed by atoms with E-state index in [9.17, 15) is 0 Å². The minimum absolute atomic E-state index is 0.0566. The molecule has 0 amide bonds. The summed E-state index contributed by atoms with van der Waals surface area (Å²) in [4.78, 5) is 0. The Kier molecular flexibility index (Phi) is 10.2. The highest BCUT2D eigenvalue weighted by atomic mass is 32.1. The van der Waals surface area contributed by atoms with Gasteiger partial charge in [0.2, 0.25) is 0 Å². The summed E-state index contributed by atoms with van der Waals surface area (Å²) in [5.74, 6) is 0. The number of hydrogen-bond donors (Lipinski definition) is 1. The zero-order chi connectivity index (χ0) is 46.2. The molecule has 0 bridgehead atoms. The Morgan fingerprint density at radius 3 is 1.46 bits per heavy atom. The molecule has 1 heterocycles. The number of benzene rings is 10. The van der Waals surface area contributed by atoms with Crippen molar-refractivity contribution in [2.45, 2.75) is 38.5 Å². The van der Waals surface area contributed by atoms with Gasteiger partial charge in [0.25, 0.3) is 0 Å². The molecule has 1 nitrogen and oxygen atoms in total. The number of fused-ring (bicyclic) bond motifs is 14. The van der Waals surface area contributed by atoms with Crippen molar-refractivity contribution in [1.82, 2.24) is 4.57 Å². The molecule has 324 valence electrons. The third-order valence-electron chi connectivity index (χ3n) is 14.8. The lowest BCUT2D eigenvalue weighted by Crippen LogP contribution is -2.15. The van der Waals surface area contributed by atoms with E-state index in [1.807, 2.05) is 0 Å². The van der Waals surface area contributed by atoms with Crippen LogP contribution >= 0.6 is 12.6 Å². The highest BCUT2D eigenvalue weighted by Gasteiger charge is 2.39. The number of para-hydroxylation sites is 1. The molecular weight excluding hydrogens is 827 g/mol. The largest absolute Gasteiger partial charge is 0.309 e. The van der Waals surface area contributed by atoms with Crippen molar-refractivity contribution in [3.63, 3.8) is 0 Å². The standard InChI is InChI=1S/C62H45N.C2H4.CH4S/c1-61(2)54-25-15-14-22-47(54)48-30-26-39(36-55(48)61)38-28-32-57-52(34-38)53-35-40(29-33-58(53)63(57)42-16-6-5-7-17-42)43-18-8-9-19-44(43)41-27-31-51-56(37-41)62(3,4)60-50-24-13-11-21-46(50)45-20-10-12-23-49(45)59(51)60;2*1-2/h5-37H,1-4H3;1-2H2;2H,1H3. The van der Waals surface area contributed by atoms with Gasteiger partial charge in [-0.25, -0.2) is 0 Å². The maximum absolute atomic E-state index is 3.53. The number of hydrogen-bond acceptors (Lipinski definition) is 1. The van der Waals surface area contributed by atoms with Crippen LogP contribution in [-0.4, -0.2) is 10.8 Å². The third-order valence-corrected chi connectivity index (χ3v) is 14.8. The third kappa shape index (κ3) is 6.30. The summed E-state index contributed by atoms with van der Waals surface area (Å²) >= 11 is 3.53. The highest BCUT2D eigenvalue weighted by Crippen LogP contribution is 2.56. The molecule has 2 aliphatic carbocycles. The SMILES string of the molecule is C=C.CC1(C)c2ccccc2-c2ccc(-c3ccc4c(c3)c3cc(-c5ccccc5-c5ccc6c(c5)C(C)(C)c5c-6c6ccccc6c6ccccc56)ccc3n4-c3ccccc3)cc21.CS. The summed E-state index contributed by atoms with van der Waals surface area (Å²) in [6.07, 6.45) is 1.69. The Balaban J connectivity index is 0.00000121. The van der Waals surface area contributed by atoms with Crippen molar-refractivity contribution in [2.75, 3.05) is 6.26 Å². The molecule has 67 heavy (non-hydrogen) atoms. The Labute approximate surface area is 400 Å². The minimum atomic E-state index is -0.173. The molecule has 0 unspecified atom stereocenters. The van der Waals surface area contributed by atoms with Gasteiger partial charge < -0.3 is 4.57 Å². The van der Waals surface area contributed by atoms with Crippen LogP contribution in [-0.2, 0) is 10.8 Å². The Morgan fingerprint density at radius 2 is 0.776 bits per heavy atom. The summed E-state index contributed by atoms with van der Waals surface area (Å²) in [5, 5.41) is 7.85. The molecule has 0 atom stereocenters. The van der Waals surface area contributed by atoms with Crippen LogP contribution < -0.4 is 0 Å². The Bertz CT molecular complexity index is 3750. The average molecular weight is 880 g/mol. The van der Waals surface area contributed by atoms with Crippen LogP contribution in [0.4, 0.5) is 0 Å². The van der Waals surface area contributed by atoms with Crippen molar-refractivity contribution < 1.29 is 0 Å². The fourth-order valence-corrected chi connectivity index (χ4v) is 11.7. The van der Waals surface area contributed by atoms with Gasteiger partial charge in [0, 0.05) is 27.3 Å². The van der Waals surface area contributed by atoms with Crippen molar-refractivity contribution >= 4 is 56.0 Å². The van der Waals surface area contributed by atoms with E-state index < -0.39 is 0 Å². The van der Waals surface area contributed by atoms with E-state index in [-0.39, 0.29) is 10.8 Å². The van der Waals surface area contributed by atoms with Gasteiger partial charge >= 0.3 is 0 Å². The van der Waals surface area contributed by atoms with Crippen molar-refractivity contribution in [3.8, 4) is 61.3 Å². The summed E-state index contributed by atoms with van der Waals surface area (Å²) in [6, 6.07) is 75.1. The summed E-state index contributed by atoms with van der Waals surface area (Å²) in [6.45, 7) is 15.6. The second-order valence-corrected chi connectivity index (χ2v) is 18.8. The number of aromatic nitrogens is 1. The molecule has 2 aliphatic rings. The second kappa shape index (κ2) is 16.2. The van der Waals surface area contributed by atoms with E-state index >= 15 is 0 Å². The van der Waals surface area contributed by atoms with Gasteiger partial charge in [-0.05, 0) is 154 Å². The summed E-state index contributed by atoms with van der Waals surface area (Å²) in [7, 11) is 0. The van der Waals surface area contributed by atoms with E-state index in [0.717, 1.165) is 5.69 Å². The fraction of sp³-hybridized carbons (Fsp3) is 0.108. The van der Waals surface area contributed by atoms with E-state index in [1.165, 1.54) is 121 Å². The molecule has 0 N–H and O–H groups in total. The van der Waals surface area contributed by atoms with Gasteiger partial charge in [-0.2, -0.15) is 12.6 Å². The molecule has 10 aromatic carbocycles. The normalized spacial score (nSPS) is 13.6. The molecule has 0 saturated carbocycles. The van der Waals surface area contributed by atoms with Crippen molar-refractivity contribution in [2.24, 2.45) is 0 Å². The monoisotopic (exact) mass is 879 g/mol. The van der Waals surface area contributed by atoms with Crippen LogP contribution in [0.5, 0.6) is 0 Å². The van der Waals surface area contributed by atoms with Gasteiger partial charge in [-0.1, -0.05) is 179 Å². The highest BCUT2D eigenvalue weighted by molar-refractivity contribution is 7.79. The number of rotatable bonds is 4. The first-order valence-electron chi connectivity index (χ1n) is 23.3. The van der Waals surface area contributed by atoms with Crippen LogP contribution in [0.15, 0.2) is 213 Å². The lowest BCUT2D eigenvalue weighted by molar-refractivity contribution is 0.660. The average Bonchev–Trinajstić information content (AvgIpc) is 3.93. The zero-order valence-electron chi connectivity index (χ0n) is 38.9. The van der Waals surface area contributed by atoms with Crippen LogP contribution in [0.3, 0.4) is 0 Å². The van der Waals surface area contributed by atoms with Gasteiger partial charge in [0.1, 0.15) is 0 Å². The summed E-state index contributed by atoms with van der Waals surface area (Å²) < 4.78 is 2.43. The van der Waals surface area contributed by atoms with Crippen LogP contribution in [0.2, 0.25) is 0 Å². The van der Waals surface area contributed by atoms with Crippen molar-refractivity contribution in [1.29, 1.82) is 0 Å². The maximum atomic E-state index is 3.53. The Hall–Kier alpha value is -7.39. The van der Waals surface area contributed by atoms with Gasteiger partial charge in [-0.15, -0.1) is 13.2 Å². The minimum Gasteiger partial charge on any atom is -0.309 e. The smallest absolute Gasteiger partial charge is 0.0541 e. The lowest BCUT2D eigenvalue weighted by Gasteiger charge is -2.24. The van der Waals surface area contributed by atoms with Gasteiger partial charge in [0.05, 0.1) is 11.0 Å².